The molecule has 0 saturated heterocycles. The average molecular weight is 330 g/mol. The van der Waals surface area contributed by atoms with E-state index in [1.54, 1.807) is 12.1 Å². The number of fused-ring (bicyclic) bond motifs is 1. The van der Waals surface area contributed by atoms with E-state index >= 15 is 0 Å². The highest BCUT2D eigenvalue weighted by Gasteiger charge is 2.32. The number of hydrazine groups is 1. The van der Waals surface area contributed by atoms with Crippen molar-refractivity contribution in [1.29, 1.82) is 0 Å². The number of benzene rings is 3. The molecule has 0 saturated carbocycles. The van der Waals surface area contributed by atoms with Crippen molar-refractivity contribution < 1.29 is 5.11 Å². The van der Waals surface area contributed by atoms with Crippen molar-refractivity contribution in [2.24, 2.45) is 0 Å². The molecule has 0 aromatic heterocycles. The lowest BCUT2D eigenvalue weighted by Crippen LogP contribution is -2.29. The molecule has 0 aliphatic carbocycles. The average Bonchev–Trinajstić information content (AvgIpc) is 3.01. The number of rotatable bonds is 4. The van der Waals surface area contributed by atoms with Crippen LogP contribution in [0.4, 0.5) is 5.69 Å². The van der Waals surface area contributed by atoms with Gasteiger partial charge in [0.15, 0.2) is 0 Å². The first-order chi connectivity index (χ1) is 12.3. The van der Waals surface area contributed by atoms with Crippen LogP contribution in [0.1, 0.15) is 30.5 Å². The molecule has 2 N–H and O–H groups in total. The van der Waals surface area contributed by atoms with Crippen LogP contribution in [0.2, 0.25) is 0 Å². The van der Waals surface area contributed by atoms with E-state index in [9.17, 15) is 5.11 Å². The lowest BCUT2D eigenvalue weighted by atomic mass is 9.94. The summed E-state index contributed by atoms with van der Waals surface area (Å²) in [7, 11) is 0. The summed E-state index contributed by atoms with van der Waals surface area (Å²) in [5.41, 5.74) is 9.72. The molecule has 126 valence electrons. The van der Waals surface area contributed by atoms with Gasteiger partial charge in [-0.3, -0.25) is 0 Å². The van der Waals surface area contributed by atoms with Gasteiger partial charge in [-0.2, -0.15) is 0 Å². The highest BCUT2D eigenvalue weighted by atomic mass is 16.3. The fourth-order valence-electron chi connectivity index (χ4n) is 3.60. The molecule has 0 amide bonds. The van der Waals surface area contributed by atoms with Gasteiger partial charge in [0.1, 0.15) is 5.75 Å². The fourth-order valence-corrected chi connectivity index (χ4v) is 3.60. The van der Waals surface area contributed by atoms with Gasteiger partial charge in [0.25, 0.3) is 0 Å². The monoisotopic (exact) mass is 330 g/mol. The number of phenols is 1. The molecule has 3 aromatic carbocycles. The van der Waals surface area contributed by atoms with Crippen LogP contribution in [0, 0.1) is 0 Å². The van der Waals surface area contributed by atoms with Gasteiger partial charge >= 0.3 is 0 Å². The van der Waals surface area contributed by atoms with E-state index < -0.39 is 0 Å². The van der Waals surface area contributed by atoms with Crippen LogP contribution in [-0.2, 0) is 0 Å². The Labute approximate surface area is 148 Å². The standard InChI is InChI=1S/C22H22N2O/c1-2-15-24-22(17-11-13-18(25)14-12-17)20-10-6-9-19(21(20)23-24)16-7-4-3-5-8-16/h3-14,22-23,25H,2,15H2,1H3. The molecule has 0 bridgehead atoms. The Bertz CT molecular complexity index is 859. The molecule has 1 aliphatic rings. The number of hydrogen-bond donors (Lipinski definition) is 2. The molecule has 3 aromatic rings. The molecular formula is C22H22N2O. The number of para-hydroxylation sites is 1. The van der Waals surface area contributed by atoms with Gasteiger partial charge in [-0.15, -0.1) is 0 Å². The van der Waals surface area contributed by atoms with Crippen molar-refractivity contribution in [2.75, 3.05) is 12.0 Å². The summed E-state index contributed by atoms with van der Waals surface area (Å²) in [6.07, 6.45) is 1.07. The van der Waals surface area contributed by atoms with E-state index in [4.69, 9.17) is 0 Å². The SMILES string of the molecule is CCCN1Nc2c(-c3ccccc3)cccc2C1c1ccc(O)cc1. The Morgan fingerprint density at radius 3 is 2.40 bits per heavy atom. The van der Waals surface area contributed by atoms with Crippen molar-refractivity contribution in [3.8, 4) is 16.9 Å². The lowest BCUT2D eigenvalue weighted by molar-refractivity contribution is 0.296. The summed E-state index contributed by atoms with van der Waals surface area (Å²) in [5, 5.41) is 11.9. The first-order valence-electron chi connectivity index (χ1n) is 8.78. The third kappa shape index (κ3) is 2.87. The summed E-state index contributed by atoms with van der Waals surface area (Å²) in [4.78, 5) is 0. The van der Waals surface area contributed by atoms with E-state index in [0.29, 0.717) is 5.75 Å². The minimum Gasteiger partial charge on any atom is -0.508 e. The first kappa shape index (κ1) is 15.7. The zero-order valence-corrected chi connectivity index (χ0v) is 14.3. The van der Waals surface area contributed by atoms with Gasteiger partial charge in [0.2, 0.25) is 0 Å². The number of nitrogens with one attached hydrogen (secondary N) is 1. The largest absolute Gasteiger partial charge is 0.508 e. The van der Waals surface area contributed by atoms with Gasteiger partial charge < -0.3 is 10.5 Å². The molecule has 4 rings (SSSR count). The number of nitrogens with zero attached hydrogens (tertiary/aromatic N) is 1. The van der Waals surface area contributed by atoms with E-state index in [1.165, 1.54) is 27.9 Å². The Morgan fingerprint density at radius 2 is 1.68 bits per heavy atom. The van der Waals surface area contributed by atoms with Gasteiger partial charge in [-0.25, -0.2) is 5.01 Å². The molecular weight excluding hydrogens is 308 g/mol. The van der Waals surface area contributed by atoms with Crippen molar-refractivity contribution in [3.63, 3.8) is 0 Å². The maximum atomic E-state index is 9.63. The molecule has 0 fully saturated rings. The molecule has 3 heteroatoms. The minimum absolute atomic E-state index is 0.152. The predicted octanol–water partition coefficient (Wildman–Crippen LogP) is 5.20. The molecule has 1 atom stereocenters. The van der Waals surface area contributed by atoms with Crippen LogP contribution >= 0.6 is 0 Å². The molecule has 1 heterocycles. The Hall–Kier alpha value is -2.78. The second-order valence-corrected chi connectivity index (χ2v) is 6.44. The van der Waals surface area contributed by atoms with Crippen molar-refractivity contribution in [3.05, 3.63) is 83.9 Å². The molecule has 0 spiro atoms. The van der Waals surface area contributed by atoms with Crippen molar-refractivity contribution in [1.82, 2.24) is 5.01 Å². The summed E-state index contributed by atoms with van der Waals surface area (Å²) in [6.45, 7) is 3.14. The normalized spacial score (nSPS) is 16.4. The molecule has 1 aliphatic heterocycles. The van der Waals surface area contributed by atoms with Gasteiger partial charge in [-0.05, 0) is 29.7 Å². The van der Waals surface area contributed by atoms with Crippen LogP contribution in [-0.4, -0.2) is 16.7 Å². The number of aromatic hydroxyl groups is 1. The predicted molar refractivity (Wildman–Crippen MR) is 102 cm³/mol. The highest BCUT2D eigenvalue weighted by Crippen LogP contribution is 2.44. The Kier molecular flexibility index (Phi) is 4.16. The first-order valence-corrected chi connectivity index (χ1v) is 8.78. The molecule has 25 heavy (non-hydrogen) atoms. The van der Waals surface area contributed by atoms with E-state index in [2.05, 4.69) is 59.8 Å². The van der Waals surface area contributed by atoms with Gasteiger partial charge in [0.05, 0.1) is 11.7 Å². The Morgan fingerprint density at radius 1 is 0.920 bits per heavy atom. The number of hydrogen-bond acceptors (Lipinski definition) is 3. The Balaban J connectivity index is 1.83. The van der Waals surface area contributed by atoms with Crippen LogP contribution < -0.4 is 5.43 Å². The van der Waals surface area contributed by atoms with Crippen LogP contribution in [0.3, 0.4) is 0 Å². The van der Waals surface area contributed by atoms with Crippen molar-refractivity contribution >= 4 is 5.69 Å². The smallest absolute Gasteiger partial charge is 0.115 e. The maximum absolute atomic E-state index is 9.63. The van der Waals surface area contributed by atoms with Gasteiger partial charge in [0, 0.05) is 17.7 Å². The summed E-state index contributed by atoms with van der Waals surface area (Å²) < 4.78 is 0. The molecule has 0 radical (unpaired) electrons. The number of anilines is 1. The topological polar surface area (TPSA) is 35.5 Å². The van der Waals surface area contributed by atoms with Crippen LogP contribution in [0.5, 0.6) is 5.75 Å². The van der Waals surface area contributed by atoms with Crippen molar-refractivity contribution in [2.45, 2.75) is 19.4 Å². The minimum atomic E-state index is 0.152. The second-order valence-electron chi connectivity index (χ2n) is 6.44. The van der Waals surface area contributed by atoms with Gasteiger partial charge in [-0.1, -0.05) is 67.6 Å². The fraction of sp³-hybridized carbons (Fsp3) is 0.182. The van der Waals surface area contributed by atoms with Crippen LogP contribution in [0.15, 0.2) is 72.8 Å². The van der Waals surface area contributed by atoms with E-state index in [1.807, 2.05) is 18.2 Å². The van der Waals surface area contributed by atoms with E-state index in [0.717, 1.165) is 13.0 Å². The zero-order chi connectivity index (χ0) is 17.2. The molecule has 1 unspecified atom stereocenters. The summed E-state index contributed by atoms with van der Waals surface area (Å²) in [5.74, 6) is 0.301. The quantitative estimate of drug-likeness (QED) is 0.690. The summed E-state index contributed by atoms with van der Waals surface area (Å²) >= 11 is 0. The maximum Gasteiger partial charge on any atom is 0.115 e. The number of phenolic OH excluding ortho intramolecular Hbond substituents is 1. The van der Waals surface area contributed by atoms with Crippen LogP contribution in [0.25, 0.3) is 11.1 Å². The summed E-state index contributed by atoms with van der Waals surface area (Å²) in [6, 6.07) is 24.7. The molecule has 3 nitrogen and oxygen atoms in total. The zero-order valence-electron chi connectivity index (χ0n) is 14.3. The third-order valence-electron chi connectivity index (χ3n) is 4.72. The lowest BCUT2D eigenvalue weighted by Gasteiger charge is -2.24. The second kappa shape index (κ2) is 6.61. The van der Waals surface area contributed by atoms with E-state index in [-0.39, 0.29) is 6.04 Å². The highest BCUT2D eigenvalue weighted by molar-refractivity contribution is 5.82. The third-order valence-corrected chi connectivity index (χ3v) is 4.72.